The molecule has 0 aliphatic rings. The molecule has 16 heavy (non-hydrogen) atoms. The van der Waals surface area contributed by atoms with Gasteiger partial charge in [-0.15, -0.1) is 0 Å². The van der Waals surface area contributed by atoms with E-state index in [1.165, 1.54) is 0 Å². The fourth-order valence-electron chi connectivity index (χ4n) is 1.58. The quantitative estimate of drug-likeness (QED) is 0.796. The van der Waals surface area contributed by atoms with Crippen molar-refractivity contribution in [2.45, 2.75) is 40.2 Å². The Balaban J connectivity index is 2.78. The third-order valence-corrected chi connectivity index (χ3v) is 2.85. The number of ketones is 1. The van der Waals surface area contributed by atoms with Gasteiger partial charge in [0.1, 0.15) is 0 Å². The van der Waals surface area contributed by atoms with E-state index in [9.17, 15) is 4.79 Å². The summed E-state index contributed by atoms with van der Waals surface area (Å²) in [6.45, 7) is 10.6. The Bertz CT molecular complexity index is 397. The van der Waals surface area contributed by atoms with Crippen LogP contribution in [0.3, 0.4) is 0 Å². The van der Waals surface area contributed by atoms with Gasteiger partial charge < -0.3 is 9.88 Å². The fraction of sp³-hybridized carbons (Fsp3) is 0.615. The number of aryl methyl sites for hydroxylation is 1. The molecule has 0 radical (unpaired) electrons. The van der Waals surface area contributed by atoms with Gasteiger partial charge in [0.05, 0.1) is 6.54 Å². The van der Waals surface area contributed by atoms with E-state index >= 15 is 0 Å². The minimum absolute atomic E-state index is 0.0204. The minimum atomic E-state index is -0.0204. The summed E-state index contributed by atoms with van der Waals surface area (Å²) in [4.78, 5) is 12.0. The van der Waals surface area contributed by atoms with Crippen LogP contribution < -0.4 is 5.32 Å². The van der Waals surface area contributed by atoms with Gasteiger partial charge in [-0.1, -0.05) is 0 Å². The zero-order chi connectivity index (χ0) is 12.5. The minimum Gasteiger partial charge on any atom is -0.351 e. The van der Waals surface area contributed by atoms with Crippen molar-refractivity contribution in [1.29, 1.82) is 0 Å². The Morgan fingerprint density at radius 3 is 2.31 bits per heavy atom. The number of hydrogen-bond acceptors (Lipinski definition) is 2. The molecule has 1 rings (SSSR count). The molecule has 0 unspecified atom stereocenters. The van der Waals surface area contributed by atoms with Crippen LogP contribution in [0, 0.1) is 13.8 Å². The molecule has 90 valence electrons. The average Bonchev–Trinajstić information content (AvgIpc) is 2.41. The summed E-state index contributed by atoms with van der Waals surface area (Å²) in [5, 5.41) is 3.22. The van der Waals surface area contributed by atoms with Gasteiger partial charge in [0, 0.05) is 29.5 Å². The molecule has 0 saturated carbocycles. The second kappa shape index (κ2) is 4.42. The Morgan fingerprint density at radius 2 is 1.94 bits per heavy atom. The topological polar surface area (TPSA) is 34.0 Å². The Morgan fingerprint density at radius 1 is 1.38 bits per heavy atom. The summed E-state index contributed by atoms with van der Waals surface area (Å²) < 4.78 is 2.05. The molecule has 0 fully saturated rings. The SMILES string of the molecule is Cc1cc(C(=O)CNC(C)(C)C)c(C)n1C. The van der Waals surface area contributed by atoms with Gasteiger partial charge in [-0.05, 0) is 40.7 Å². The van der Waals surface area contributed by atoms with Crippen molar-refractivity contribution in [1.82, 2.24) is 9.88 Å². The predicted molar refractivity (Wildman–Crippen MR) is 67.0 cm³/mol. The molecule has 0 spiro atoms. The Labute approximate surface area is 97.8 Å². The van der Waals surface area contributed by atoms with E-state index in [1.807, 2.05) is 31.5 Å². The van der Waals surface area contributed by atoms with Crippen LogP contribution in [-0.4, -0.2) is 22.4 Å². The van der Waals surface area contributed by atoms with Crippen molar-refractivity contribution in [3.05, 3.63) is 23.0 Å². The summed E-state index contributed by atoms with van der Waals surface area (Å²) in [7, 11) is 1.98. The molecular formula is C13H22N2O. The molecule has 0 aliphatic carbocycles. The van der Waals surface area contributed by atoms with E-state index in [2.05, 4.69) is 26.1 Å². The van der Waals surface area contributed by atoms with Crippen molar-refractivity contribution >= 4 is 5.78 Å². The van der Waals surface area contributed by atoms with Gasteiger partial charge in [0.2, 0.25) is 0 Å². The molecule has 1 aromatic heterocycles. The van der Waals surface area contributed by atoms with Gasteiger partial charge in [-0.3, -0.25) is 4.79 Å². The molecule has 0 bridgehead atoms. The molecule has 1 aromatic rings. The van der Waals surface area contributed by atoms with Crippen LogP contribution in [0.15, 0.2) is 6.07 Å². The highest BCUT2D eigenvalue weighted by atomic mass is 16.1. The number of carbonyl (C=O) groups excluding carboxylic acids is 1. The molecule has 0 saturated heterocycles. The standard InChI is InChI=1S/C13H22N2O/c1-9-7-11(10(2)15(9)6)12(16)8-14-13(3,4)5/h7,14H,8H2,1-6H3. The lowest BCUT2D eigenvalue weighted by atomic mass is 10.1. The van der Waals surface area contributed by atoms with Crippen molar-refractivity contribution in [3.63, 3.8) is 0 Å². The zero-order valence-electron chi connectivity index (χ0n) is 11.1. The van der Waals surface area contributed by atoms with Crippen LogP contribution in [0.4, 0.5) is 0 Å². The third kappa shape index (κ3) is 2.95. The highest BCUT2D eigenvalue weighted by molar-refractivity contribution is 5.99. The monoisotopic (exact) mass is 222 g/mol. The smallest absolute Gasteiger partial charge is 0.178 e. The Kier molecular flexibility index (Phi) is 3.58. The van der Waals surface area contributed by atoms with E-state index in [4.69, 9.17) is 0 Å². The lowest BCUT2D eigenvalue weighted by Gasteiger charge is -2.19. The molecule has 0 aliphatic heterocycles. The summed E-state index contributed by atoms with van der Waals surface area (Å²) >= 11 is 0. The molecule has 1 N–H and O–H groups in total. The van der Waals surface area contributed by atoms with E-state index in [0.29, 0.717) is 6.54 Å². The third-order valence-electron chi connectivity index (χ3n) is 2.85. The van der Waals surface area contributed by atoms with Gasteiger partial charge in [-0.2, -0.15) is 0 Å². The lowest BCUT2D eigenvalue weighted by Crippen LogP contribution is -2.39. The normalized spacial score (nSPS) is 11.9. The number of Topliss-reactive ketones (excluding diaryl/α,β-unsaturated/α-hetero) is 1. The number of rotatable bonds is 3. The largest absolute Gasteiger partial charge is 0.351 e. The van der Waals surface area contributed by atoms with Gasteiger partial charge in [0.25, 0.3) is 0 Å². The first-order valence-electron chi connectivity index (χ1n) is 5.63. The summed E-state index contributed by atoms with van der Waals surface area (Å²) in [6.07, 6.45) is 0. The molecule has 0 amide bonds. The highest BCUT2D eigenvalue weighted by Gasteiger charge is 2.16. The number of nitrogens with zero attached hydrogens (tertiary/aromatic N) is 1. The molecular weight excluding hydrogens is 200 g/mol. The van der Waals surface area contributed by atoms with Crippen molar-refractivity contribution in [2.75, 3.05) is 6.54 Å². The maximum atomic E-state index is 12.0. The number of hydrogen-bond donors (Lipinski definition) is 1. The van der Waals surface area contributed by atoms with Crippen LogP contribution in [0.5, 0.6) is 0 Å². The molecule has 1 heterocycles. The maximum absolute atomic E-state index is 12.0. The summed E-state index contributed by atoms with van der Waals surface area (Å²) in [5.74, 6) is 0.163. The lowest BCUT2D eigenvalue weighted by molar-refractivity contribution is 0.0981. The number of nitrogens with one attached hydrogen (secondary N) is 1. The van der Waals surface area contributed by atoms with Crippen LogP contribution in [0.1, 0.15) is 42.5 Å². The highest BCUT2D eigenvalue weighted by Crippen LogP contribution is 2.13. The van der Waals surface area contributed by atoms with E-state index in [-0.39, 0.29) is 11.3 Å². The van der Waals surface area contributed by atoms with Gasteiger partial charge in [0.15, 0.2) is 5.78 Å². The number of carbonyl (C=O) groups is 1. The molecule has 3 nitrogen and oxygen atoms in total. The first-order chi connectivity index (χ1) is 7.22. The first kappa shape index (κ1) is 13.0. The van der Waals surface area contributed by atoms with Crippen LogP contribution >= 0.6 is 0 Å². The van der Waals surface area contributed by atoms with Crippen LogP contribution in [0.2, 0.25) is 0 Å². The van der Waals surface area contributed by atoms with E-state index in [1.54, 1.807) is 0 Å². The van der Waals surface area contributed by atoms with Crippen LogP contribution in [0.25, 0.3) is 0 Å². The van der Waals surface area contributed by atoms with Crippen LogP contribution in [-0.2, 0) is 7.05 Å². The maximum Gasteiger partial charge on any atom is 0.178 e. The van der Waals surface area contributed by atoms with Gasteiger partial charge >= 0.3 is 0 Å². The number of aromatic nitrogens is 1. The Hall–Kier alpha value is -1.09. The second-order valence-corrected chi connectivity index (χ2v) is 5.37. The van der Waals surface area contributed by atoms with Gasteiger partial charge in [-0.25, -0.2) is 0 Å². The zero-order valence-corrected chi connectivity index (χ0v) is 11.1. The van der Waals surface area contributed by atoms with E-state index in [0.717, 1.165) is 17.0 Å². The molecule has 0 atom stereocenters. The summed E-state index contributed by atoms with van der Waals surface area (Å²) in [6, 6.07) is 1.96. The molecule has 0 aromatic carbocycles. The van der Waals surface area contributed by atoms with Crippen molar-refractivity contribution in [3.8, 4) is 0 Å². The van der Waals surface area contributed by atoms with Crippen molar-refractivity contribution < 1.29 is 4.79 Å². The second-order valence-electron chi connectivity index (χ2n) is 5.37. The first-order valence-corrected chi connectivity index (χ1v) is 5.63. The predicted octanol–water partition coefficient (Wildman–Crippen LogP) is 2.21. The fourth-order valence-corrected chi connectivity index (χ4v) is 1.58. The molecule has 3 heteroatoms. The average molecular weight is 222 g/mol. The van der Waals surface area contributed by atoms with E-state index < -0.39 is 0 Å². The summed E-state index contributed by atoms with van der Waals surface area (Å²) in [5.41, 5.74) is 2.97. The van der Waals surface area contributed by atoms with Crippen molar-refractivity contribution in [2.24, 2.45) is 7.05 Å².